The van der Waals surface area contributed by atoms with E-state index in [4.69, 9.17) is 15.4 Å². The third-order valence-corrected chi connectivity index (χ3v) is 4.13. The van der Waals surface area contributed by atoms with Crippen molar-refractivity contribution in [3.63, 3.8) is 0 Å². The van der Waals surface area contributed by atoms with Gasteiger partial charge in [0.05, 0.1) is 18.6 Å². The van der Waals surface area contributed by atoms with Crippen LogP contribution < -0.4 is 5.73 Å². The fourth-order valence-corrected chi connectivity index (χ4v) is 3.17. The van der Waals surface area contributed by atoms with Gasteiger partial charge >= 0.3 is 0 Å². The van der Waals surface area contributed by atoms with Gasteiger partial charge in [0.25, 0.3) is 5.89 Å². The Morgan fingerprint density at radius 3 is 2.56 bits per heavy atom. The van der Waals surface area contributed by atoms with Crippen molar-refractivity contribution in [1.29, 1.82) is 0 Å². The van der Waals surface area contributed by atoms with Crippen molar-refractivity contribution < 1.29 is 4.52 Å². The van der Waals surface area contributed by atoms with Gasteiger partial charge in [-0.15, -0.1) is 0 Å². The molecule has 0 unspecified atom stereocenters. The molecule has 4 rings (SSSR count). The van der Waals surface area contributed by atoms with Gasteiger partial charge in [-0.2, -0.15) is 10.1 Å². The van der Waals surface area contributed by atoms with E-state index in [9.17, 15) is 0 Å². The second-order valence-corrected chi connectivity index (χ2v) is 6.24. The predicted molar refractivity (Wildman–Crippen MR) is 95.9 cm³/mol. The number of nitrogens with two attached hydrogens (primary N) is 1. The zero-order chi connectivity index (χ0) is 17.4. The lowest BCUT2D eigenvalue weighted by atomic mass is 10.1. The fraction of sp³-hybridized carbons (Fsp3) is 0.211. The van der Waals surface area contributed by atoms with E-state index in [1.54, 1.807) is 0 Å². The molecular formula is C19H19N5O. The van der Waals surface area contributed by atoms with Crippen LogP contribution in [0.1, 0.15) is 22.5 Å². The summed E-state index contributed by atoms with van der Waals surface area (Å²) < 4.78 is 7.31. The Labute approximate surface area is 145 Å². The highest BCUT2D eigenvalue weighted by molar-refractivity contribution is 5.91. The largest absolute Gasteiger partial charge is 0.332 e. The van der Waals surface area contributed by atoms with E-state index < -0.39 is 0 Å². The van der Waals surface area contributed by atoms with Crippen molar-refractivity contribution in [2.45, 2.75) is 26.9 Å². The SMILES string of the molecule is Cc1cc(C)cc(Cn2nc(-c3nc(CN)no3)c3ccccc32)c1. The van der Waals surface area contributed by atoms with Gasteiger partial charge < -0.3 is 10.3 Å². The van der Waals surface area contributed by atoms with E-state index in [-0.39, 0.29) is 6.54 Å². The smallest absolute Gasteiger partial charge is 0.279 e. The predicted octanol–water partition coefficient (Wildman–Crippen LogP) is 3.21. The van der Waals surface area contributed by atoms with E-state index >= 15 is 0 Å². The number of aromatic nitrogens is 4. The normalized spacial score (nSPS) is 11.3. The Morgan fingerprint density at radius 1 is 1.08 bits per heavy atom. The summed E-state index contributed by atoms with van der Waals surface area (Å²) in [6, 6.07) is 14.6. The van der Waals surface area contributed by atoms with Crippen LogP contribution in [0.5, 0.6) is 0 Å². The van der Waals surface area contributed by atoms with E-state index in [0.717, 1.165) is 10.9 Å². The van der Waals surface area contributed by atoms with Gasteiger partial charge in [0.15, 0.2) is 11.5 Å². The molecule has 6 heteroatoms. The first-order valence-corrected chi connectivity index (χ1v) is 8.20. The molecule has 2 aromatic carbocycles. The van der Waals surface area contributed by atoms with Crippen LogP contribution in [0.2, 0.25) is 0 Å². The van der Waals surface area contributed by atoms with E-state index in [1.807, 2.05) is 22.9 Å². The van der Waals surface area contributed by atoms with Crippen LogP contribution in [0.3, 0.4) is 0 Å². The summed E-state index contributed by atoms with van der Waals surface area (Å²) in [6.45, 7) is 5.14. The number of aryl methyl sites for hydroxylation is 2. The number of para-hydroxylation sites is 1. The molecule has 0 aliphatic rings. The third kappa shape index (κ3) is 2.92. The molecule has 0 bridgehead atoms. The molecule has 0 fully saturated rings. The highest BCUT2D eigenvalue weighted by atomic mass is 16.5. The number of benzene rings is 2. The maximum atomic E-state index is 5.58. The number of nitrogens with zero attached hydrogens (tertiary/aromatic N) is 4. The Balaban J connectivity index is 1.81. The quantitative estimate of drug-likeness (QED) is 0.620. The third-order valence-electron chi connectivity index (χ3n) is 4.13. The van der Waals surface area contributed by atoms with Crippen LogP contribution in [0.4, 0.5) is 0 Å². The fourth-order valence-electron chi connectivity index (χ4n) is 3.17. The molecule has 0 saturated carbocycles. The van der Waals surface area contributed by atoms with Crippen LogP contribution in [0.25, 0.3) is 22.5 Å². The number of fused-ring (bicyclic) bond motifs is 1. The van der Waals surface area contributed by atoms with Gasteiger partial charge in [0.1, 0.15) is 0 Å². The second-order valence-electron chi connectivity index (χ2n) is 6.24. The Morgan fingerprint density at radius 2 is 1.84 bits per heavy atom. The van der Waals surface area contributed by atoms with Crippen LogP contribution in [-0.2, 0) is 13.1 Å². The molecule has 25 heavy (non-hydrogen) atoms. The minimum atomic E-state index is 0.241. The molecule has 0 spiro atoms. The number of hydrogen-bond acceptors (Lipinski definition) is 5. The van der Waals surface area contributed by atoms with E-state index in [1.165, 1.54) is 16.7 Å². The zero-order valence-corrected chi connectivity index (χ0v) is 14.2. The summed E-state index contributed by atoms with van der Waals surface area (Å²) >= 11 is 0. The first-order chi connectivity index (χ1) is 12.1. The zero-order valence-electron chi connectivity index (χ0n) is 14.2. The van der Waals surface area contributed by atoms with Crippen molar-refractivity contribution in [2.75, 3.05) is 0 Å². The topological polar surface area (TPSA) is 82.8 Å². The molecule has 0 aliphatic heterocycles. The summed E-state index contributed by atoms with van der Waals surface area (Å²) in [5.74, 6) is 0.874. The van der Waals surface area contributed by atoms with Crippen molar-refractivity contribution in [1.82, 2.24) is 19.9 Å². The monoisotopic (exact) mass is 333 g/mol. The first kappa shape index (κ1) is 15.5. The molecule has 0 aliphatic carbocycles. The van der Waals surface area contributed by atoms with Gasteiger partial charge in [-0.25, -0.2) is 0 Å². The number of hydrogen-bond donors (Lipinski definition) is 1. The van der Waals surface area contributed by atoms with Gasteiger partial charge in [-0.05, 0) is 25.5 Å². The summed E-state index contributed by atoms with van der Waals surface area (Å²) in [5.41, 5.74) is 11.0. The minimum absolute atomic E-state index is 0.241. The summed E-state index contributed by atoms with van der Waals surface area (Å²) in [7, 11) is 0. The van der Waals surface area contributed by atoms with Crippen LogP contribution in [0, 0.1) is 13.8 Å². The molecular weight excluding hydrogens is 314 g/mol. The minimum Gasteiger partial charge on any atom is -0.332 e. The van der Waals surface area contributed by atoms with Gasteiger partial charge in [-0.3, -0.25) is 4.68 Å². The maximum Gasteiger partial charge on any atom is 0.279 e. The average Bonchev–Trinajstić information content (AvgIpc) is 3.19. The molecule has 6 nitrogen and oxygen atoms in total. The Hall–Kier alpha value is -2.99. The van der Waals surface area contributed by atoms with Crippen molar-refractivity contribution >= 4 is 10.9 Å². The molecule has 0 saturated heterocycles. The Kier molecular flexibility index (Phi) is 3.82. The molecule has 0 radical (unpaired) electrons. The molecule has 2 heterocycles. The summed E-state index contributed by atoms with van der Waals surface area (Å²) in [5, 5.41) is 9.60. The second kappa shape index (κ2) is 6.14. The molecule has 126 valence electrons. The molecule has 0 atom stereocenters. The van der Waals surface area contributed by atoms with Gasteiger partial charge in [0, 0.05) is 5.39 Å². The molecule has 4 aromatic rings. The van der Waals surface area contributed by atoms with Crippen molar-refractivity contribution in [2.24, 2.45) is 5.73 Å². The lowest BCUT2D eigenvalue weighted by molar-refractivity contribution is 0.421. The van der Waals surface area contributed by atoms with Gasteiger partial charge in [-0.1, -0.05) is 52.7 Å². The summed E-state index contributed by atoms with van der Waals surface area (Å²) in [6.07, 6.45) is 0. The van der Waals surface area contributed by atoms with Crippen molar-refractivity contribution in [3.05, 3.63) is 65.0 Å². The Bertz CT molecular complexity index is 1030. The van der Waals surface area contributed by atoms with Crippen LogP contribution in [0.15, 0.2) is 47.0 Å². The maximum absolute atomic E-state index is 5.58. The number of rotatable bonds is 4. The summed E-state index contributed by atoms with van der Waals surface area (Å²) in [4.78, 5) is 4.32. The highest BCUT2D eigenvalue weighted by Crippen LogP contribution is 2.27. The lowest BCUT2D eigenvalue weighted by Crippen LogP contribution is -2.02. The van der Waals surface area contributed by atoms with Crippen molar-refractivity contribution in [3.8, 4) is 11.6 Å². The molecule has 2 N–H and O–H groups in total. The van der Waals surface area contributed by atoms with Crippen LogP contribution >= 0.6 is 0 Å². The highest BCUT2D eigenvalue weighted by Gasteiger charge is 2.17. The lowest BCUT2D eigenvalue weighted by Gasteiger charge is -2.06. The van der Waals surface area contributed by atoms with E-state index in [0.29, 0.717) is 24.0 Å². The van der Waals surface area contributed by atoms with E-state index in [2.05, 4.69) is 48.3 Å². The average molecular weight is 333 g/mol. The molecule has 2 aromatic heterocycles. The van der Waals surface area contributed by atoms with Crippen LogP contribution in [-0.4, -0.2) is 19.9 Å². The standard InChI is InChI=1S/C19H19N5O/c1-12-7-13(2)9-14(8-12)11-24-16-6-4-3-5-15(16)18(22-24)19-21-17(10-20)23-25-19/h3-9H,10-11,20H2,1-2H3. The molecule has 0 amide bonds. The van der Waals surface area contributed by atoms with Gasteiger partial charge in [0.2, 0.25) is 0 Å². The first-order valence-electron chi connectivity index (χ1n) is 8.20.